The molecule has 2 rings (SSSR count). The molecule has 0 amide bonds. The van der Waals surface area contributed by atoms with E-state index in [2.05, 4.69) is 27.3 Å². The van der Waals surface area contributed by atoms with Gasteiger partial charge < -0.3 is 0 Å². The van der Waals surface area contributed by atoms with Gasteiger partial charge >= 0.3 is 0 Å². The maximum Gasteiger partial charge on any atom is 0.178 e. The first-order valence-corrected chi connectivity index (χ1v) is 2.85. The summed E-state index contributed by atoms with van der Waals surface area (Å²) in [6, 6.07) is 1.83. The van der Waals surface area contributed by atoms with Crippen LogP contribution in [0.2, 0.25) is 0 Å². The molecule has 10 heavy (non-hydrogen) atoms. The largest absolute Gasteiger partial charge is 0.259 e. The van der Waals surface area contributed by atoms with Gasteiger partial charge in [-0.3, -0.25) is 5.10 Å². The van der Waals surface area contributed by atoms with E-state index in [1.54, 1.807) is 6.20 Å². The van der Waals surface area contributed by atoms with E-state index in [1.165, 1.54) is 0 Å². The zero-order chi connectivity index (χ0) is 6.97. The van der Waals surface area contributed by atoms with E-state index in [-0.39, 0.29) is 0 Å². The van der Waals surface area contributed by atoms with Crippen molar-refractivity contribution < 1.29 is 0 Å². The molecule has 2 aromatic heterocycles. The summed E-state index contributed by atoms with van der Waals surface area (Å²) in [6.07, 6.45) is 1.62. The van der Waals surface area contributed by atoms with Crippen molar-refractivity contribution in [3.8, 4) is 0 Å². The Kier molecular flexibility index (Phi) is 0.943. The van der Waals surface area contributed by atoms with E-state index in [4.69, 9.17) is 0 Å². The van der Waals surface area contributed by atoms with Crippen molar-refractivity contribution in [2.45, 2.75) is 0 Å². The van der Waals surface area contributed by atoms with Crippen molar-refractivity contribution in [3.05, 3.63) is 24.9 Å². The molecule has 0 unspecified atom stereocenters. The van der Waals surface area contributed by atoms with Crippen molar-refractivity contribution in [2.75, 3.05) is 0 Å². The van der Waals surface area contributed by atoms with Gasteiger partial charge in [0.2, 0.25) is 0 Å². The zero-order valence-corrected chi connectivity index (χ0v) is 5.20. The van der Waals surface area contributed by atoms with Gasteiger partial charge in [0.25, 0.3) is 0 Å². The topological polar surface area (TPSA) is 54.5 Å². The third kappa shape index (κ3) is 0.586. The molecule has 1 radical (unpaired) electrons. The van der Waals surface area contributed by atoms with Gasteiger partial charge in [-0.2, -0.15) is 10.2 Å². The molecule has 2 heterocycles. The monoisotopic (exact) mass is 133 g/mol. The normalized spacial score (nSPS) is 10.5. The molecule has 0 aliphatic heterocycles. The van der Waals surface area contributed by atoms with E-state index < -0.39 is 0 Å². The minimum atomic E-state index is 0.688. The van der Waals surface area contributed by atoms with Crippen LogP contribution in [0.1, 0.15) is 5.69 Å². The molecule has 4 heteroatoms. The second-order valence-electron chi connectivity index (χ2n) is 1.96. The van der Waals surface area contributed by atoms with E-state index >= 15 is 0 Å². The molecule has 49 valence electrons. The van der Waals surface area contributed by atoms with Gasteiger partial charge in [0.15, 0.2) is 5.65 Å². The first kappa shape index (κ1) is 5.34. The number of hydrogen-bond donors (Lipinski definition) is 1. The van der Waals surface area contributed by atoms with Crippen LogP contribution in [-0.4, -0.2) is 20.4 Å². The van der Waals surface area contributed by atoms with Gasteiger partial charge in [-0.1, -0.05) is 0 Å². The average Bonchev–Trinajstić information content (AvgIpc) is 2.34. The minimum Gasteiger partial charge on any atom is -0.259 e. The molecular formula is C6H5N4. The second-order valence-corrected chi connectivity index (χ2v) is 1.96. The number of aromatic nitrogens is 4. The molecule has 0 saturated carbocycles. The highest BCUT2D eigenvalue weighted by Gasteiger charge is 1.98. The van der Waals surface area contributed by atoms with Crippen molar-refractivity contribution in [1.29, 1.82) is 0 Å². The van der Waals surface area contributed by atoms with Crippen molar-refractivity contribution >= 4 is 11.0 Å². The van der Waals surface area contributed by atoms with Crippen LogP contribution in [0, 0.1) is 6.92 Å². The molecule has 2 aromatic rings. The third-order valence-electron chi connectivity index (χ3n) is 1.33. The Labute approximate surface area is 57.3 Å². The Morgan fingerprint density at radius 1 is 1.50 bits per heavy atom. The number of aromatic amines is 1. The molecule has 0 bridgehead atoms. The lowest BCUT2D eigenvalue weighted by molar-refractivity contribution is 1.02. The summed E-state index contributed by atoms with van der Waals surface area (Å²) in [5.41, 5.74) is 1.40. The summed E-state index contributed by atoms with van der Waals surface area (Å²) >= 11 is 0. The van der Waals surface area contributed by atoms with Crippen LogP contribution in [-0.2, 0) is 0 Å². The van der Waals surface area contributed by atoms with Crippen molar-refractivity contribution in [3.63, 3.8) is 0 Å². The molecule has 0 aliphatic carbocycles. The summed E-state index contributed by atoms with van der Waals surface area (Å²) in [5.74, 6) is 0. The fraction of sp³-hybridized carbons (Fsp3) is 0. The van der Waals surface area contributed by atoms with E-state index in [1.807, 2.05) is 6.07 Å². The van der Waals surface area contributed by atoms with Gasteiger partial charge in [0.05, 0.1) is 11.9 Å². The SMILES string of the molecule is [CH2]c1n[nH]c2nnccc12. The molecule has 0 saturated heterocycles. The maximum atomic E-state index is 3.86. The fourth-order valence-corrected chi connectivity index (χ4v) is 0.828. The standard InChI is InChI=1S/C6H5N4/c1-4-5-2-3-7-9-6(5)10-8-4/h2-3H,1H2,(H,8,9,10). The van der Waals surface area contributed by atoms with Crippen LogP contribution in [0.15, 0.2) is 12.3 Å². The average molecular weight is 133 g/mol. The molecule has 4 nitrogen and oxygen atoms in total. The molecule has 0 fully saturated rings. The molecule has 0 aliphatic rings. The van der Waals surface area contributed by atoms with Crippen LogP contribution in [0.4, 0.5) is 0 Å². The summed E-state index contributed by atoms with van der Waals surface area (Å²) in [7, 11) is 0. The quantitative estimate of drug-likeness (QED) is 0.570. The fourth-order valence-electron chi connectivity index (χ4n) is 0.828. The van der Waals surface area contributed by atoms with Gasteiger partial charge in [-0.05, 0) is 13.0 Å². The Morgan fingerprint density at radius 2 is 2.40 bits per heavy atom. The molecule has 0 atom stereocenters. The summed E-state index contributed by atoms with van der Waals surface area (Å²) in [5, 5.41) is 15.0. The number of hydrogen-bond acceptors (Lipinski definition) is 3. The Bertz CT molecular complexity index is 351. The number of fused-ring (bicyclic) bond motifs is 1. The predicted molar refractivity (Wildman–Crippen MR) is 36.1 cm³/mol. The van der Waals surface area contributed by atoms with Crippen molar-refractivity contribution in [1.82, 2.24) is 20.4 Å². The van der Waals surface area contributed by atoms with Gasteiger partial charge in [-0.25, -0.2) is 0 Å². The lowest BCUT2D eigenvalue weighted by Gasteiger charge is -1.82. The Morgan fingerprint density at radius 3 is 3.20 bits per heavy atom. The van der Waals surface area contributed by atoms with Gasteiger partial charge in [-0.15, -0.1) is 5.10 Å². The highest BCUT2D eigenvalue weighted by Crippen LogP contribution is 2.08. The summed E-state index contributed by atoms with van der Waals surface area (Å²) < 4.78 is 0. The second kappa shape index (κ2) is 1.76. The highest BCUT2D eigenvalue weighted by molar-refractivity contribution is 5.77. The van der Waals surface area contributed by atoms with E-state index in [0.29, 0.717) is 11.3 Å². The van der Waals surface area contributed by atoms with Crippen LogP contribution in [0.3, 0.4) is 0 Å². The molecule has 0 spiro atoms. The molecule has 0 aromatic carbocycles. The first-order valence-electron chi connectivity index (χ1n) is 2.85. The Hall–Kier alpha value is -1.45. The van der Waals surface area contributed by atoms with Crippen LogP contribution in [0.5, 0.6) is 0 Å². The number of H-pyrrole nitrogens is 1. The zero-order valence-electron chi connectivity index (χ0n) is 5.20. The summed E-state index contributed by atoms with van der Waals surface area (Å²) in [4.78, 5) is 0. The Balaban J connectivity index is 2.93. The highest BCUT2D eigenvalue weighted by atomic mass is 15.2. The minimum absolute atomic E-state index is 0.688. The van der Waals surface area contributed by atoms with E-state index in [9.17, 15) is 0 Å². The van der Waals surface area contributed by atoms with E-state index in [0.717, 1.165) is 5.39 Å². The van der Waals surface area contributed by atoms with Crippen LogP contribution >= 0.6 is 0 Å². The van der Waals surface area contributed by atoms with Gasteiger partial charge in [0, 0.05) is 5.39 Å². The van der Waals surface area contributed by atoms with Crippen molar-refractivity contribution in [2.24, 2.45) is 0 Å². The number of rotatable bonds is 0. The molecular weight excluding hydrogens is 128 g/mol. The molecule has 1 N–H and O–H groups in total. The predicted octanol–water partition coefficient (Wildman–Crippen LogP) is 0.535. The lowest BCUT2D eigenvalue weighted by atomic mass is 10.3. The lowest BCUT2D eigenvalue weighted by Crippen LogP contribution is -1.78. The number of nitrogens with one attached hydrogen (secondary N) is 1. The smallest absolute Gasteiger partial charge is 0.178 e. The van der Waals surface area contributed by atoms with Crippen LogP contribution in [0.25, 0.3) is 11.0 Å². The first-order chi connectivity index (χ1) is 4.88. The number of nitrogens with zero attached hydrogens (tertiary/aromatic N) is 3. The third-order valence-corrected chi connectivity index (χ3v) is 1.33. The summed E-state index contributed by atoms with van der Waals surface area (Å²) in [6.45, 7) is 3.70. The van der Waals surface area contributed by atoms with Gasteiger partial charge in [0.1, 0.15) is 0 Å². The van der Waals surface area contributed by atoms with Crippen LogP contribution < -0.4 is 0 Å². The maximum absolute atomic E-state index is 3.86.